The number of fused-ring (bicyclic) bond motifs is 1. The Morgan fingerprint density at radius 2 is 2.20 bits per heavy atom. The summed E-state index contributed by atoms with van der Waals surface area (Å²) in [6.45, 7) is 4.12. The van der Waals surface area contributed by atoms with Crippen molar-refractivity contribution >= 4 is 27.7 Å². The molecule has 1 heterocycles. The van der Waals surface area contributed by atoms with Crippen LogP contribution in [0.4, 0.5) is 4.39 Å². The van der Waals surface area contributed by atoms with Crippen LogP contribution in [-0.2, 0) is 5.75 Å². The molecule has 2 N–H and O–H groups in total. The molecule has 0 amide bonds. The van der Waals surface area contributed by atoms with E-state index in [1.807, 2.05) is 0 Å². The molecule has 2 rings (SSSR count). The highest BCUT2D eigenvalue weighted by Crippen LogP contribution is 2.46. The Labute approximate surface area is 102 Å². The van der Waals surface area contributed by atoms with Gasteiger partial charge in [-0.15, -0.1) is 11.8 Å². The van der Waals surface area contributed by atoms with Crippen LogP contribution in [0.15, 0.2) is 16.6 Å². The van der Waals surface area contributed by atoms with Gasteiger partial charge >= 0.3 is 0 Å². The molecular formula is C11H13BrFNS. The highest BCUT2D eigenvalue weighted by Gasteiger charge is 2.36. The van der Waals surface area contributed by atoms with E-state index in [2.05, 4.69) is 29.8 Å². The van der Waals surface area contributed by atoms with Gasteiger partial charge in [-0.1, -0.05) is 15.9 Å². The van der Waals surface area contributed by atoms with Gasteiger partial charge in [0, 0.05) is 26.6 Å². The van der Waals surface area contributed by atoms with Crippen LogP contribution in [0.1, 0.15) is 31.0 Å². The summed E-state index contributed by atoms with van der Waals surface area (Å²) in [6, 6.07) is 2.98. The number of benzene rings is 1. The van der Waals surface area contributed by atoms with E-state index in [-0.39, 0.29) is 16.6 Å². The molecule has 0 saturated heterocycles. The van der Waals surface area contributed by atoms with Crippen molar-refractivity contribution in [2.45, 2.75) is 30.4 Å². The van der Waals surface area contributed by atoms with E-state index in [1.165, 1.54) is 6.07 Å². The number of halogens is 2. The molecule has 0 spiro atoms. The first-order valence-corrected chi connectivity index (χ1v) is 6.57. The maximum absolute atomic E-state index is 13.7. The number of hydrogen-bond donors (Lipinski definition) is 1. The molecule has 4 heteroatoms. The summed E-state index contributed by atoms with van der Waals surface area (Å²) < 4.78 is 14.6. The van der Waals surface area contributed by atoms with Crippen molar-refractivity contribution in [3.05, 3.63) is 33.5 Å². The first kappa shape index (κ1) is 11.4. The van der Waals surface area contributed by atoms with Gasteiger partial charge in [0.25, 0.3) is 0 Å². The molecule has 0 radical (unpaired) electrons. The fourth-order valence-corrected chi connectivity index (χ4v) is 3.58. The molecule has 82 valence electrons. The van der Waals surface area contributed by atoms with Gasteiger partial charge in [0.05, 0.1) is 0 Å². The Kier molecular flexibility index (Phi) is 2.86. The first-order chi connectivity index (χ1) is 6.93. The molecule has 0 aliphatic carbocycles. The van der Waals surface area contributed by atoms with Gasteiger partial charge in [-0.2, -0.15) is 0 Å². The largest absolute Gasteiger partial charge is 0.323 e. The van der Waals surface area contributed by atoms with Crippen LogP contribution in [0, 0.1) is 5.82 Å². The second-order valence-corrected chi connectivity index (χ2v) is 6.78. The van der Waals surface area contributed by atoms with Crippen molar-refractivity contribution in [2.75, 3.05) is 0 Å². The van der Waals surface area contributed by atoms with Crippen molar-refractivity contribution in [2.24, 2.45) is 5.73 Å². The molecule has 1 aliphatic heterocycles. The van der Waals surface area contributed by atoms with Crippen LogP contribution in [0.3, 0.4) is 0 Å². The molecule has 1 aromatic rings. The van der Waals surface area contributed by atoms with E-state index in [4.69, 9.17) is 5.73 Å². The van der Waals surface area contributed by atoms with Crippen LogP contribution in [-0.4, -0.2) is 4.75 Å². The summed E-state index contributed by atoms with van der Waals surface area (Å²) in [5.41, 5.74) is 7.79. The number of hydrogen-bond acceptors (Lipinski definition) is 2. The molecule has 0 bridgehead atoms. The van der Waals surface area contributed by atoms with Gasteiger partial charge in [-0.25, -0.2) is 4.39 Å². The van der Waals surface area contributed by atoms with E-state index in [0.29, 0.717) is 5.56 Å². The average Bonchev–Trinajstić information content (AvgIpc) is 2.16. The van der Waals surface area contributed by atoms with Crippen LogP contribution >= 0.6 is 27.7 Å². The molecule has 1 aliphatic rings. The van der Waals surface area contributed by atoms with Gasteiger partial charge in [0.15, 0.2) is 0 Å². The zero-order valence-electron chi connectivity index (χ0n) is 8.68. The van der Waals surface area contributed by atoms with Crippen molar-refractivity contribution in [1.82, 2.24) is 0 Å². The lowest BCUT2D eigenvalue weighted by molar-refractivity contribution is 0.509. The summed E-state index contributed by atoms with van der Waals surface area (Å²) >= 11 is 5.22. The predicted octanol–water partition coefficient (Wildman–Crippen LogP) is 3.61. The molecule has 0 fully saturated rings. The zero-order chi connectivity index (χ0) is 11.2. The SMILES string of the molecule is CC1(C)SCc2c(Br)ccc(F)c2C1N. The Bertz CT molecular complexity index is 406. The van der Waals surface area contributed by atoms with E-state index in [1.54, 1.807) is 17.8 Å². The third-order valence-corrected chi connectivity index (χ3v) is 5.07. The second kappa shape index (κ2) is 3.75. The minimum Gasteiger partial charge on any atom is -0.323 e. The van der Waals surface area contributed by atoms with Gasteiger partial charge < -0.3 is 5.73 Å². The van der Waals surface area contributed by atoms with Crippen molar-refractivity contribution in [3.8, 4) is 0 Å². The molecule has 1 atom stereocenters. The van der Waals surface area contributed by atoms with Crippen LogP contribution in [0.5, 0.6) is 0 Å². The lowest BCUT2D eigenvalue weighted by Gasteiger charge is -2.37. The molecule has 1 nitrogen and oxygen atoms in total. The predicted molar refractivity (Wildman–Crippen MR) is 66.4 cm³/mol. The van der Waals surface area contributed by atoms with Gasteiger partial charge in [0.1, 0.15) is 5.82 Å². The molecule has 0 aromatic heterocycles. The minimum atomic E-state index is -0.247. The van der Waals surface area contributed by atoms with Gasteiger partial charge in [-0.05, 0) is 31.5 Å². The first-order valence-electron chi connectivity index (χ1n) is 4.80. The fraction of sp³-hybridized carbons (Fsp3) is 0.455. The molecule has 15 heavy (non-hydrogen) atoms. The second-order valence-electron chi connectivity index (χ2n) is 4.29. The molecule has 1 unspecified atom stereocenters. The maximum atomic E-state index is 13.7. The summed E-state index contributed by atoms with van der Waals surface area (Å²) in [7, 11) is 0. The number of rotatable bonds is 0. The summed E-state index contributed by atoms with van der Waals surface area (Å²) in [5, 5.41) is 0. The fourth-order valence-electron chi connectivity index (χ4n) is 1.79. The highest BCUT2D eigenvalue weighted by molar-refractivity contribution is 9.10. The molecular weight excluding hydrogens is 277 g/mol. The van der Waals surface area contributed by atoms with E-state index in [0.717, 1.165) is 15.8 Å². The van der Waals surface area contributed by atoms with Crippen molar-refractivity contribution in [1.29, 1.82) is 0 Å². The molecule has 0 saturated carbocycles. The quantitative estimate of drug-likeness (QED) is 0.790. The van der Waals surface area contributed by atoms with E-state index >= 15 is 0 Å². The summed E-state index contributed by atoms with van der Waals surface area (Å²) in [6.07, 6.45) is 0. The zero-order valence-corrected chi connectivity index (χ0v) is 11.1. The Hall–Kier alpha value is -0.0600. The smallest absolute Gasteiger partial charge is 0.128 e. The standard InChI is InChI=1S/C11H13BrFNS/c1-11(2)10(14)9-6(5-15-11)7(12)3-4-8(9)13/h3-4,10H,5,14H2,1-2H3. The third kappa shape index (κ3) is 1.83. The minimum absolute atomic E-state index is 0.103. The molecule has 1 aromatic carbocycles. The van der Waals surface area contributed by atoms with E-state index < -0.39 is 0 Å². The summed E-state index contributed by atoms with van der Waals surface area (Å²) in [5.74, 6) is 0.628. The normalized spacial score (nSPS) is 23.7. The Morgan fingerprint density at radius 1 is 1.53 bits per heavy atom. The highest BCUT2D eigenvalue weighted by atomic mass is 79.9. The lowest BCUT2D eigenvalue weighted by Crippen LogP contribution is -2.37. The van der Waals surface area contributed by atoms with Crippen LogP contribution < -0.4 is 5.73 Å². The number of nitrogens with two attached hydrogens (primary N) is 1. The van der Waals surface area contributed by atoms with Crippen molar-refractivity contribution < 1.29 is 4.39 Å². The van der Waals surface area contributed by atoms with Crippen LogP contribution in [0.25, 0.3) is 0 Å². The monoisotopic (exact) mass is 289 g/mol. The van der Waals surface area contributed by atoms with Crippen molar-refractivity contribution in [3.63, 3.8) is 0 Å². The van der Waals surface area contributed by atoms with Crippen LogP contribution in [0.2, 0.25) is 0 Å². The average molecular weight is 290 g/mol. The third-order valence-electron chi connectivity index (χ3n) is 2.90. The Morgan fingerprint density at radius 3 is 2.87 bits per heavy atom. The Balaban J connectivity index is 2.60. The van der Waals surface area contributed by atoms with E-state index in [9.17, 15) is 4.39 Å². The topological polar surface area (TPSA) is 26.0 Å². The maximum Gasteiger partial charge on any atom is 0.128 e. The lowest BCUT2D eigenvalue weighted by atomic mass is 9.91. The number of thioether (sulfide) groups is 1. The van der Waals surface area contributed by atoms with Gasteiger partial charge in [-0.3, -0.25) is 0 Å². The van der Waals surface area contributed by atoms with Gasteiger partial charge in [0.2, 0.25) is 0 Å². The summed E-state index contributed by atoms with van der Waals surface area (Å²) in [4.78, 5) is 0.